The van der Waals surface area contributed by atoms with Crippen LogP contribution in [0.1, 0.15) is 56.6 Å². The van der Waals surface area contributed by atoms with E-state index in [4.69, 9.17) is 4.74 Å². The lowest BCUT2D eigenvalue weighted by Crippen LogP contribution is -2.42. The minimum atomic E-state index is -0.342. The van der Waals surface area contributed by atoms with Crippen molar-refractivity contribution < 1.29 is 14.7 Å². The van der Waals surface area contributed by atoms with Gasteiger partial charge in [0.2, 0.25) is 0 Å². The number of benzene rings is 1. The van der Waals surface area contributed by atoms with Crippen LogP contribution >= 0.6 is 0 Å². The highest BCUT2D eigenvalue weighted by Gasteiger charge is 2.57. The van der Waals surface area contributed by atoms with Gasteiger partial charge in [0.05, 0.1) is 0 Å². The van der Waals surface area contributed by atoms with E-state index in [0.717, 1.165) is 37.0 Å². The number of rotatable bonds is 3. The van der Waals surface area contributed by atoms with Crippen molar-refractivity contribution in [1.82, 2.24) is 0 Å². The van der Waals surface area contributed by atoms with E-state index in [-0.39, 0.29) is 11.2 Å². The van der Waals surface area contributed by atoms with Crippen LogP contribution in [-0.2, 0) is 11.2 Å². The number of carbonyl (C=O) groups is 1. The maximum atomic E-state index is 12.7. The van der Waals surface area contributed by atoms with Gasteiger partial charge in [0.1, 0.15) is 18.1 Å². The Hall–Kier alpha value is -2.10. The van der Waals surface area contributed by atoms with E-state index in [1.807, 2.05) is 6.92 Å². The first kappa shape index (κ1) is 17.3. The fourth-order valence-corrected chi connectivity index (χ4v) is 5.55. The Morgan fingerprint density at radius 3 is 2.96 bits per heavy atom. The average molecular weight is 353 g/mol. The molecule has 26 heavy (non-hydrogen) atoms. The van der Waals surface area contributed by atoms with Gasteiger partial charge in [-0.1, -0.05) is 24.7 Å². The zero-order valence-corrected chi connectivity index (χ0v) is 15.6. The first-order valence-electron chi connectivity index (χ1n) is 9.60. The molecule has 3 aliphatic rings. The van der Waals surface area contributed by atoms with Crippen molar-refractivity contribution >= 4 is 11.5 Å². The van der Waals surface area contributed by atoms with Gasteiger partial charge in [-0.25, -0.2) is 0 Å². The van der Waals surface area contributed by atoms with Crippen LogP contribution in [-0.4, -0.2) is 23.3 Å². The maximum absolute atomic E-state index is 12.7. The summed E-state index contributed by atoms with van der Waals surface area (Å²) in [5.41, 5.74) is 3.86. The molecule has 1 aromatic rings. The van der Waals surface area contributed by atoms with E-state index in [9.17, 15) is 10.0 Å². The number of Topliss-reactive ketones (excluding diaryl/α,β-unsaturated/α-hetero) is 1. The van der Waals surface area contributed by atoms with E-state index in [1.54, 1.807) is 0 Å². The lowest BCUT2D eigenvalue weighted by atomic mass is 9.55. The second-order valence-corrected chi connectivity index (χ2v) is 8.56. The van der Waals surface area contributed by atoms with E-state index >= 15 is 0 Å². The quantitative estimate of drug-likeness (QED) is 0.494. The summed E-state index contributed by atoms with van der Waals surface area (Å²) in [7, 11) is 0. The monoisotopic (exact) mass is 353 g/mol. The molecule has 2 fully saturated rings. The first-order chi connectivity index (χ1) is 12.4. The topological polar surface area (TPSA) is 58.9 Å². The molecule has 3 aliphatic carbocycles. The Balaban J connectivity index is 1.61. The van der Waals surface area contributed by atoms with Gasteiger partial charge in [-0.05, 0) is 79.2 Å². The van der Waals surface area contributed by atoms with E-state index in [2.05, 4.69) is 36.9 Å². The van der Waals surface area contributed by atoms with E-state index in [0.29, 0.717) is 36.5 Å². The van der Waals surface area contributed by atoms with Gasteiger partial charge >= 0.3 is 0 Å². The largest absolute Gasteiger partial charge is 0.489 e. The van der Waals surface area contributed by atoms with Crippen LogP contribution in [0.5, 0.6) is 5.75 Å². The number of aryl methyl sites for hydroxylation is 1. The second-order valence-electron chi connectivity index (χ2n) is 8.56. The van der Waals surface area contributed by atoms with Crippen molar-refractivity contribution in [3.05, 3.63) is 41.5 Å². The summed E-state index contributed by atoms with van der Waals surface area (Å²) in [6, 6.07) is 6.47. The Bertz CT molecular complexity index is 797. The summed E-state index contributed by atoms with van der Waals surface area (Å²) in [6.45, 7) is 8.49. The molecule has 0 aromatic heterocycles. The molecular formula is C22H27NO3. The predicted octanol–water partition coefficient (Wildman–Crippen LogP) is 4.51. The van der Waals surface area contributed by atoms with Gasteiger partial charge < -0.3 is 9.94 Å². The molecule has 4 rings (SSSR count). The van der Waals surface area contributed by atoms with Crippen LogP contribution < -0.4 is 4.74 Å². The van der Waals surface area contributed by atoms with Crippen LogP contribution in [0.4, 0.5) is 0 Å². The average Bonchev–Trinajstić information content (AvgIpc) is 2.90. The van der Waals surface area contributed by atoms with Crippen molar-refractivity contribution in [1.29, 1.82) is 0 Å². The Morgan fingerprint density at radius 2 is 2.23 bits per heavy atom. The number of hydrogen-bond acceptors (Lipinski definition) is 4. The summed E-state index contributed by atoms with van der Waals surface area (Å²) >= 11 is 0. The lowest BCUT2D eigenvalue weighted by molar-refractivity contribution is -0.125. The highest BCUT2D eigenvalue weighted by Crippen LogP contribution is 2.59. The van der Waals surface area contributed by atoms with Gasteiger partial charge in [-0.2, -0.15) is 0 Å². The van der Waals surface area contributed by atoms with E-state index < -0.39 is 0 Å². The molecule has 1 aromatic carbocycles. The number of nitrogens with zero attached hydrogens (tertiary/aromatic N) is 1. The Morgan fingerprint density at radius 1 is 1.42 bits per heavy atom. The van der Waals surface area contributed by atoms with Gasteiger partial charge in [0, 0.05) is 11.8 Å². The summed E-state index contributed by atoms with van der Waals surface area (Å²) in [4.78, 5) is 12.7. The fourth-order valence-electron chi connectivity index (χ4n) is 5.55. The first-order valence-corrected chi connectivity index (χ1v) is 9.60. The molecule has 0 saturated heterocycles. The summed E-state index contributed by atoms with van der Waals surface area (Å²) in [5, 5.41) is 12.5. The zero-order chi connectivity index (χ0) is 18.5. The fraction of sp³-hybridized carbons (Fsp3) is 0.545. The maximum Gasteiger partial charge on any atom is 0.186 e. The van der Waals surface area contributed by atoms with Gasteiger partial charge in [-0.15, -0.1) is 0 Å². The van der Waals surface area contributed by atoms with Crippen LogP contribution in [0, 0.1) is 17.3 Å². The Kier molecular flexibility index (Phi) is 4.17. The molecule has 0 radical (unpaired) electrons. The third-order valence-electron chi connectivity index (χ3n) is 6.89. The molecule has 0 bridgehead atoms. The molecule has 4 heteroatoms. The van der Waals surface area contributed by atoms with Crippen molar-refractivity contribution in [3.8, 4) is 5.75 Å². The number of ether oxygens (including phenoxy) is 1. The number of fused-ring (bicyclic) bond motifs is 5. The summed E-state index contributed by atoms with van der Waals surface area (Å²) in [6.07, 6.45) is 4.65. The molecule has 4 nitrogen and oxygen atoms in total. The SMILES string of the molecule is C=C(C)COc1ccc2c(c1)CC[C@@H]1[C@@H]2CC[C@@]2(C)C(=O)/C(=N/O)C[C@H]12. The number of ketones is 1. The highest BCUT2D eigenvalue weighted by molar-refractivity contribution is 6.43. The molecule has 0 amide bonds. The number of carbonyl (C=O) groups excluding carboxylic acids is 1. The molecule has 0 heterocycles. The van der Waals surface area contributed by atoms with Gasteiger partial charge in [-0.3, -0.25) is 4.79 Å². The molecular weight excluding hydrogens is 326 g/mol. The van der Waals surface area contributed by atoms with E-state index in [1.165, 1.54) is 11.1 Å². The lowest BCUT2D eigenvalue weighted by Gasteiger charge is -2.47. The van der Waals surface area contributed by atoms with Crippen molar-refractivity contribution in [3.63, 3.8) is 0 Å². The standard InChI is InChI=1S/C22H27NO3/c1-13(2)12-26-15-5-7-16-14(10-15)4-6-18-17(16)8-9-22(3)19(18)11-20(23-25)21(22)24/h5,7,10,17-19,25H,1,4,6,8-9,11-12H2,2-3H3/b23-20+/t17-,18-,19-,22-/m1/s1. The van der Waals surface area contributed by atoms with Crippen LogP contribution in [0.3, 0.4) is 0 Å². The smallest absolute Gasteiger partial charge is 0.186 e. The molecule has 138 valence electrons. The Labute approximate surface area is 154 Å². The van der Waals surface area contributed by atoms with Gasteiger partial charge in [0.15, 0.2) is 5.78 Å². The minimum absolute atomic E-state index is 0.0674. The minimum Gasteiger partial charge on any atom is -0.489 e. The van der Waals surface area contributed by atoms with Crippen LogP contribution in [0.25, 0.3) is 0 Å². The molecule has 4 atom stereocenters. The third-order valence-corrected chi connectivity index (χ3v) is 6.89. The number of oxime groups is 1. The van der Waals surface area contributed by atoms with Crippen molar-refractivity contribution in [2.75, 3.05) is 6.61 Å². The highest BCUT2D eigenvalue weighted by atomic mass is 16.5. The van der Waals surface area contributed by atoms with Crippen LogP contribution in [0.15, 0.2) is 35.5 Å². The molecule has 0 unspecified atom stereocenters. The molecule has 2 saturated carbocycles. The second kappa shape index (κ2) is 6.26. The van der Waals surface area contributed by atoms with Crippen molar-refractivity contribution in [2.24, 2.45) is 22.4 Å². The van der Waals surface area contributed by atoms with Gasteiger partial charge in [0.25, 0.3) is 0 Å². The summed E-state index contributed by atoms with van der Waals surface area (Å²) < 4.78 is 5.81. The number of hydrogen-bond donors (Lipinski definition) is 1. The molecule has 0 aliphatic heterocycles. The normalized spacial score (nSPS) is 34.2. The molecule has 1 N–H and O–H groups in total. The third kappa shape index (κ3) is 2.58. The molecule has 0 spiro atoms. The van der Waals surface area contributed by atoms with Crippen LogP contribution in [0.2, 0.25) is 0 Å². The van der Waals surface area contributed by atoms with Crippen molar-refractivity contribution in [2.45, 2.75) is 51.9 Å². The zero-order valence-electron chi connectivity index (χ0n) is 15.6. The summed E-state index contributed by atoms with van der Waals surface area (Å²) in [5.74, 6) is 2.27. The predicted molar refractivity (Wildman–Crippen MR) is 101 cm³/mol.